The molecule has 20 heavy (non-hydrogen) atoms. The fraction of sp³-hybridized carbons (Fsp3) is 0.200. The van der Waals surface area contributed by atoms with E-state index in [9.17, 15) is 0 Å². The summed E-state index contributed by atoms with van der Waals surface area (Å²) in [6.07, 6.45) is 5.74. The molecule has 0 amide bonds. The number of rotatable bonds is 0. The van der Waals surface area contributed by atoms with Crippen molar-refractivity contribution >= 4 is 11.2 Å². The van der Waals surface area contributed by atoms with Crippen molar-refractivity contribution in [1.29, 1.82) is 0 Å². The predicted octanol–water partition coefficient (Wildman–Crippen LogP) is 3.04. The van der Waals surface area contributed by atoms with Gasteiger partial charge in [-0.1, -0.05) is 20.0 Å². The smallest absolute Gasteiger partial charge is 0.372 e. The molecule has 3 aromatic rings. The minimum absolute atomic E-state index is 0. The molecule has 4 nitrogen and oxygen atoms in total. The van der Waals surface area contributed by atoms with Crippen molar-refractivity contribution < 1.29 is 21.1 Å². The van der Waals surface area contributed by atoms with Crippen LogP contribution in [-0.2, 0) is 21.1 Å². The number of aryl methyl sites for hydroxylation is 1. The molecule has 0 aliphatic heterocycles. The van der Waals surface area contributed by atoms with Crippen molar-refractivity contribution in [1.82, 2.24) is 19.9 Å². The number of hydrogen-bond donors (Lipinski definition) is 0. The summed E-state index contributed by atoms with van der Waals surface area (Å²) < 4.78 is 0. The van der Waals surface area contributed by atoms with Gasteiger partial charge in [-0.3, -0.25) is 9.97 Å². The van der Waals surface area contributed by atoms with Crippen molar-refractivity contribution in [3.05, 3.63) is 60.8 Å². The Bertz CT molecular complexity index is 561. The Morgan fingerprint density at radius 3 is 2.25 bits per heavy atom. The van der Waals surface area contributed by atoms with Gasteiger partial charge in [0.1, 0.15) is 0 Å². The SMILES string of the molecule is CC.Cc1cnc2cn[c-]nc2n1.[W+2].[c-]1ccccc1. The normalized spacial score (nSPS) is 8.35. The monoisotopic (exact) mass is 436 g/mol. The van der Waals surface area contributed by atoms with Gasteiger partial charge in [-0.2, -0.15) is 36.4 Å². The third-order valence-corrected chi connectivity index (χ3v) is 1.91. The van der Waals surface area contributed by atoms with Gasteiger partial charge < -0.3 is 9.97 Å². The van der Waals surface area contributed by atoms with Crippen LogP contribution >= 0.6 is 0 Å². The van der Waals surface area contributed by atoms with Crippen molar-refractivity contribution in [2.45, 2.75) is 20.8 Å². The molecule has 1 aromatic carbocycles. The van der Waals surface area contributed by atoms with Crippen LogP contribution in [0.1, 0.15) is 19.5 Å². The molecule has 2 heterocycles. The maximum Gasteiger partial charge on any atom is 2.00 e. The van der Waals surface area contributed by atoms with Crippen LogP contribution < -0.4 is 0 Å². The van der Waals surface area contributed by atoms with Crippen molar-refractivity contribution in [2.24, 2.45) is 0 Å². The molecular formula is C15H16N4W. The number of nitrogens with zero attached hydrogens (tertiary/aromatic N) is 4. The van der Waals surface area contributed by atoms with E-state index in [1.165, 1.54) is 0 Å². The van der Waals surface area contributed by atoms with E-state index in [1.807, 2.05) is 51.1 Å². The molecule has 0 aliphatic rings. The van der Waals surface area contributed by atoms with Gasteiger partial charge in [0.05, 0.1) is 5.65 Å². The number of benzene rings is 1. The molecule has 102 valence electrons. The van der Waals surface area contributed by atoms with E-state index >= 15 is 0 Å². The maximum atomic E-state index is 4.13. The number of fused-ring (bicyclic) bond motifs is 1. The zero-order chi connectivity index (χ0) is 13.9. The summed E-state index contributed by atoms with van der Waals surface area (Å²) in [5.74, 6) is 0. The molecule has 0 radical (unpaired) electrons. The van der Waals surface area contributed by atoms with Crippen molar-refractivity contribution in [3.8, 4) is 0 Å². The zero-order valence-corrected chi connectivity index (χ0v) is 14.7. The molecule has 0 N–H and O–H groups in total. The Morgan fingerprint density at radius 1 is 1.00 bits per heavy atom. The molecule has 5 heteroatoms. The Labute approximate surface area is 134 Å². The van der Waals surface area contributed by atoms with E-state index in [0.717, 1.165) is 5.69 Å². The van der Waals surface area contributed by atoms with Gasteiger partial charge in [-0.05, 0) is 6.92 Å². The Morgan fingerprint density at radius 2 is 1.70 bits per heavy atom. The van der Waals surface area contributed by atoms with Crippen LogP contribution in [0.25, 0.3) is 11.2 Å². The molecular weight excluding hydrogens is 420 g/mol. The van der Waals surface area contributed by atoms with E-state index in [-0.39, 0.29) is 21.1 Å². The van der Waals surface area contributed by atoms with Crippen LogP contribution in [0.5, 0.6) is 0 Å². The van der Waals surface area contributed by atoms with Gasteiger partial charge >= 0.3 is 21.1 Å². The minimum atomic E-state index is 0. The van der Waals surface area contributed by atoms with E-state index < -0.39 is 0 Å². The third kappa shape index (κ3) is 6.48. The molecule has 3 rings (SSSR count). The Balaban J connectivity index is 0.000000345. The Kier molecular flexibility index (Phi) is 10.2. The van der Waals surface area contributed by atoms with Crippen LogP contribution in [0.4, 0.5) is 0 Å². The van der Waals surface area contributed by atoms with Gasteiger partial charge in [0.15, 0.2) is 0 Å². The van der Waals surface area contributed by atoms with E-state index in [0.29, 0.717) is 11.2 Å². The Hall–Kier alpha value is -1.67. The van der Waals surface area contributed by atoms with Crippen LogP contribution in [0, 0.1) is 19.3 Å². The summed E-state index contributed by atoms with van der Waals surface area (Å²) in [4.78, 5) is 15.7. The molecule has 2 aromatic heterocycles. The molecule has 0 atom stereocenters. The molecule has 0 fully saturated rings. The molecule has 0 aliphatic carbocycles. The first-order chi connectivity index (χ1) is 9.36. The zero-order valence-electron chi connectivity index (χ0n) is 11.7. The van der Waals surface area contributed by atoms with E-state index in [2.05, 4.69) is 32.3 Å². The van der Waals surface area contributed by atoms with Crippen molar-refractivity contribution in [3.63, 3.8) is 0 Å². The second-order valence-corrected chi connectivity index (χ2v) is 3.27. The third-order valence-electron chi connectivity index (χ3n) is 1.91. The predicted molar refractivity (Wildman–Crippen MR) is 75.3 cm³/mol. The number of hydrogen-bond acceptors (Lipinski definition) is 4. The van der Waals surface area contributed by atoms with E-state index in [4.69, 9.17) is 0 Å². The topological polar surface area (TPSA) is 51.6 Å². The fourth-order valence-electron chi connectivity index (χ4n) is 1.16. The average Bonchev–Trinajstić information content (AvgIpc) is 2.51. The summed E-state index contributed by atoms with van der Waals surface area (Å²) in [7, 11) is 0. The number of aromatic nitrogens is 4. The molecule has 0 unspecified atom stereocenters. The average molecular weight is 436 g/mol. The molecule has 0 saturated carbocycles. The minimum Gasteiger partial charge on any atom is -0.372 e. The fourth-order valence-corrected chi connectivity index (χ4v) is 1.16. The quantitative estimate of drug-likeness (QED) is 0.509. The van der Waals surface area contributed by atoms with Gasteiger partial charge in [0, 0.05) is 23.7 Å². The summed E-state index contributed by atoms with van der Waals surface area (Å²) in [6, 6.07) is 12.5. The molecule has 0 spiro atoms. The van der Waals surface area contributed by atoms with Gasteiger partial charge in [0.25, 0.3) is 0 Å². The summed E-state index contributed by atoms with van der Waals surface area (Å²) in [5.41, 5.74) is 2.15. The van der Waals surface area contributed by atoms with Gasteiger partial charge in [-0.25, -0.2) is 0 Å². The summed E-state index contributed by atoms with van der Waals surface area (Å²) in [5, 5.41) is 0. The van der Waals surface area contributed by atoms with Gasteiger partial charge in [-0.15, -0.1) is 0 Å². The van der Waals surface area contributed by atoms with Crippen molar-refractivity contribution in [2.75, 3.05) is 0 Å². The van der Waals surface area contributed by atoms with Crippen LogP contribution in [0.2, 0.25) is 0 Å². The van der Waals surface area contributed by atoms with E-state index in [1.54, 1.807) is 12.4 Å². The first-order valence-corrected chi connectivity index (χ1v) is 6.10. The summed E-state index contributed by atoms with van der Waals surface area (Å²) >= 11 is 0. The van der Waals surface area contributed by atoms with Crippen LogP contribution in [0.15, 0.2) is 42.7 Å². The molecule has 0 saturated heterocycles. The summed E-state index contributed by atoms with van der Waals surface area (Å²) in [6.45, 7) is 5.87. The largest absolute Gasteiger partial charge is 2.00 e. The second-order valence-electron chi connectivity index (χ2n) is 3.27. The van der Waals surface area contributed by atoms with Crippen LogP contribution in [0.3, 0.4) is 0 Å². The second kappa shape index (κ2) is 11.2. The first-order valence-electron chi connectivity index (χ1n) is 6.10. The maximum absolute atomic E-state index is 4.13. The standard InChI is InChI=1S/C7H5N4.C6H5.C2H6.W/c1-5-2-9-6-3-8-4-10-7(6)11-5;1-2-4-6-5-3-1;1-2;/h2-3H,1H3;1-5H;1-2H3;/q2*-1;;+2. The van der Waals surface area contributed by atoms with Gasteiger partial charge in [0.2, 0.25) is 0 Å². The first kappa shape index (κ1) is 18.3. The van der Waals surface area contributed by atoms with Crippen LogP contribution in [-0.4, -0.2) is 19.9 Å². The molecule has 0 bridgehead atoms.